The monoisotopic (exact) mass is 409 g/mol. The predicted molar refractivity (Wildman–Crippen MR) is 114 cm³/mol. The maximum absolute atomic E-state index is 12.9. The van der Waals surface area contributed by atoms with Crippen LogP contribution in [0.3, 0.4) is 0 Å². The lowest BCUT2D eigenvalue weighted by atomic mass is 9.96. The molecule has 2 aliphatic heterocycles. The molecule has 1 fully saturated rings. The highest BCUT2D eigenvalue weighted by molar-refractivity contribution is 8.01. The number of amides is 3. The van der Waals surface area contributed by atoms with Crippen molar-refractivity contribution in [3.8, 4) is 0 Å². The Labute approximate surface area is 174 Å². The molecule has 2 atom stereocenters. The average Bonchev–Trinajstić information content (AvgIpc) is 2.75. The summed E-state index contributed by atoms with van der Waals surface area (Å²) >= 11 is 1.43. The van der Waals surface area contributed by atoms with Crippen LogP contribution in [-0.4, -0.2) is 41.0 Å². The Balaban J connectivity index is 1.35. The standard InChI is InChI=1S/C22H23N3O3S/c26-20(13-19-22(28)24-17-10-4-5-11-18(17)29-19)25-12-6-7-15(14-25)21(27)23-16-8-2-1-3-9-16/h1-5,8-11,15,19H,6-7,12-14H2,(H,23,27)(H,24,28)/t15-,19-/m1/s1. The number of hydrogen-bond donors (Lipinski definition) is 2. The summed E-state index contributed by atoms with van der Waals surface area (Å²) < 4.78 is 0. The van der Waals surface area contributed by atoms with Crippen molar-refractivity contribution in [3.05, 3.63) is 54.6 Å². The molecule has 0 aromatic heterocycles. The number of nitrogens with one attached hydrogen (secondary N) is 2. The molecule has 2 N–H and O–H groups in total. The molecule has 6 nitrogen and oxygen atoms in total. The van der Waals surface area contributed by atoms with Gasteiger partial charge in [-0.25, -0.2) is 0 Å². The van der Waals surface area contributed by atoms with E-state index in [0.29, 0.717) is 13.1 Å². The van der Waals surface area contributed by atoms with Crippen molar-refractivity contribution < 1.29 is 14.4 Å². The molecule has 0 unspecified atom stereocenters. The van der Waals surface area contributed by atoms with Crippen molar-refractivity contribution in [1.82, 2.24) is 4.90 Å². The minimum Gasteiger partial charge on any atom is -0.342 e. The van der Waals surface area contributed by atoms with Crippen molar-refractivity contribution in [1.29, 1.82) is 0 Å². The van der Waals surface area contributed by atoms with E-state index in [1.807, 2.05) is 54.6 Å². The van der Waals surface area contributed by atoms with Gasteiger partial charge in [0.15, 0.2) is 0 Å². The molecule has 0 bridgehead atoms. The zero-order chi connectivity index (χ0) is 20.2. The third-order valence-corrected chi connectivity index (χ3v) is 6.53. The van der Waals surface area contributed by atoms with E-state index in [4.69, 9.17) is 0 Å². The largest absolute Gasteiger partial charge is 0.342 e. The number of carbonyl (C=O) groups is 3. The fourth-order valence-corrected chi connectivity index (χ4v) is 4.80. The van der Waals surface area contributed by atoms with Crippen molar-refractivity contribution >= 4 is 40.9 Å². The van der Waals surface area contributed by atoms with Crippen molar-refractivity contribution in [2.24, 2.45) is 5.92 Å². The molecule has 7 heteroatoms. The van der Waals surface area contributed by atoms with Crippen LogP contribution in [0.2, 0.25) is 0 Å². The number of anilines is 2. The van der Waals surface area contributed by atoms with Gasteiger partial charge in [0.05, 0.1) is 16.9 Å². The summed E-state index contributed by atoms with van der Waals surface area (Å²) in [6.45, 7) is 1.02. The zero-order valence-corrected chi connectivity index (χ0v) is 16.8. The Morgan fingerprint density at radius 3 is 2.69 bits per heavy atom. The first-order valence-electron chi connectivity index (χ1n) is 9.80. The first-order valence-corrected chi connectivity index (χ1v) is 10.7. The van der Waals surface area contributed by atoms with E-state index in [1.54, 1.807) is 4.90 Å². The van der Waals surface area contributed by atoms with Gasteiger partial charge >= 0.3 is 0 Å². The normalized spacial score (nSPS) is 21.1. The number of nitrogens with zero attached hydrogens (tertiary/aromatic N) is 1. The van der Waals surface area contributed by atoms with Gasteiger partial charge in [0.1, 0.15) is 0 Å². The molecular weight excluding hydrogens is 386 g/mol. The first-order chi connectivity index (χ1) is 14.1. The summed E-state index contributed by atoms with van der Waals surface area (Å²) in [6, 6.07) is 16.9. The number of fused-ring (bicyclic) bond motifs is 1. The second kappa shape index (κ2) is 8.69. The summed E-state index contributed by atoms with van der Waals surface area (Å²) in [5.74, 6) is -0.513. The minimum atomic E-state index is -0.448. The topological polar surface area (TPSA) is 78.5 Å². The van der Waals surface area contributed by atoms with Crippen LogP contribution < -0.4 is 10.6 Å². The van der Waals surface area contributed by atoms with Gasteiger partial charge in [-0.2, -0.15) is 0 Å². The molecule has 0 radical (unpaired) electrons. The van der Waals surface area contributed by atoms with E-state index in [0.717, 1.165) is 29.1 Å². The number of para-hydroxylation sites is 2. The predicted octanol–water partition coefficient (Wildman–Crippen LogP) is 3.37. The van der Waals surface area contributed by atoms with Crippen LogP contribution in [-0.2, 0) is 14.4 Å². The van der Waals surface area contributed by atoms with E-state index in [-0.39, 0.29) is 30.1 Å². The third kappa shape index (κ3) is 4.62. The van der Waals surface area contributed by atoms with Gasteiger partial charge in [-0.1, -0.05) is 30.3 Å². The van der Waals surface area contributed by atoms with Crippen LogP contribution in [0.4, 0.5) is 11.4 Å². The molecule has 2 aromatic rings. The Morgan fingerprint density at radius 2 is 1.86 bits per heavy atom. The lowest BCUT2D eigenvalue weighted by Gasteiger charge is -2.33. The summed E-state index contributed by atoms with van der Waals surface area (Å²) in [7, 11) is 0. The van der Waals surface area contributed by atoms with Gasteiger partial charge in [-0.3, -0.25) is 14.4 Å². The molecule has 2 heterocycles. The minimum absolute atomic E-state index is 0.0626. The summed E-state index contributed by atoms with van der Waals surface area (Å²) in [5.41, 5.74) is 1.55. The lowest BCUT2D eigenvalue weighted by Crippen LogP contribution is -2.45. The highest BCUT2D eigenvalue weighted by Crippen LogP contribution is 2.37. The van der Waals surface area contributed by atoms with Gasteiger partial charge < -0.3 is 15.5 Å². The number of piperidine rings is 1. The van der Waals surface area contributed by atoms with Crippen molar-refractivity contribution in [2.45, 2.75) is 29.4 Å². The van der Waals surface area contributed by atoms with Gasteiger partial charge in [0.25, 0.3) is 0 Å². The molecular formula is C22H23N3O3S. The SMILES string of the molecule is O=C(Nc1ccccc1)[C@@H]1CCCN(C(=O)C[C@H]2Sc3ccccc3NC2=O)C1. The summed E-state index contributed by atoms with van der Waals surface area (Å²) in [5, 5.41) is 5.36. The quantitative estimate of drug-likeness (QED) is 0.812. The van der Waals surface area contributed by atoms with E-state index in [1.165, 1.54) is 11.8 Å². The number of rotatable bonds is 4. The molecule has 29 heavy (non-hydrogen) atoms. The lowest BCUT2D eigenvalue weighted by molar-refractivity contribution is -0.135. The Kier molecular flexibility index (Phi) is 5.85. The molecule has 0 spiro atoms. The summed E-state index contributed by atoms with van der Waals surface area (Å²) in [6.07, 6.45) is 1.68. The smallest absolute Gasteiger partial charge is 0.238 e. The molecule has 3 amide bonds. The molecule has 0 saturated carbocycles. The fourth-order valence-electron chi connectivity index (χ4n) is 3.70. The van der Waals surface area contributed by atoms with Crippen molar-refractivity contribution in [3.63, 3.8) is 0 Å². The zero-order valence-electron chi connectivity index (χ0n) is 16.0. The Hall–Kier alpha value is -2.80. The highest BCUT2D eigenvalue weighted by Gasteiger charge is 2.33. The molecule has 0 aliphatic carbocycles. The van der Waals surface area contributed by atoms with Crippen LogP contribution in [0, 0.1) is 5.92 Å². The number of benzene rings is 2. The van der Waals surface area contributed by atoms with Crippen LogP contribution in [0.15, 0.2) is 59.5 Å². The molecule has 2 aliphatic rings. The number of thioether (sulfide) groups is 1. The maximum atomic E-state index is 12.9. The molecule has 4 rings (SSSR count). The van der Waals surface area contributed by atoms with Crippen molar-refractivity contribution in [2.75, 3.05) is 23.7 Å². The second-order valence-corrected chi connectivity index (χ2v) is 8.57. The Bertz CT molecular complexity index is 919. The maximum Gasteiger partial charge on any atom is 0.238 e. The van der Waals surface area contributed by atoms with Gasteiger partial charge in [-0.15, -0.1) is 11.8 Å². The molecule has 2 aromatic carbocycles. The van der Waals surface area contributed by atoms with Crippen LogP contribution in [0.25, 0.3) is 0 Å². The molecule has 1 saturated heterocycles. The Morgan fingerprint density at radius 1 is 1.10 bits per heavy atom. The van der Waals surface area contributed by atoms with Gasteiger partial charge in [0, 0.05) is 30.1 Å². The summed E-state index contributed by atoms with van der Waals surface area (Å²) in [4.78, 5) is 40.5. The average molecular weight is 410 g/mol. The van der Waals surface area contributed by atoms with Crippen LogP contribution >= 0.6 is 11.8 Å². The van der Waals surface area contributed by atoms with E-state index < -0.39 is 5.25 Å². The fraction of sp³-hybridized carbons (Fsp3) is 0.318. The highest BCUT2D eigenvalue weighted by atomic mass is 32.2. The molecule has 150 valence electrons. The van der Waals surface area contributed by atoms with Crippen LogP contribution in [0.5, 0.6) is 0 Å². The second-order valence-electron chi connectivity index (χ2n) is 7.33. The number of hydrogen-bond acceptors (Lipinski definition) is 4. The first kappa shape index (κ1) is 19.5. The van der Waals surface area contributed by atoms with Gasteiger partial charge in [0.2, 0.25) is 17.7 Å². The van der Waals surface area contributed by atoms with Crippen LogP contribution in [0.1, 0.15) is 19.3 Å². The van der Waals surface area contributed by atoms with Gasteiger partial charge in [-0.05, 0) is 37.1 Å². The number of carbonyl (C=O) groups excluding carboxylic acids is 3. The van der Waals surface area contributed by atoms with E-state index in [9.17, 15) is 14.4 Å². The third-order valence-electron chi connectivity index (χ3n) is 5.25. The van der Waals surface area contributed by atoms with E-state index in [2.05, 4.69) is 10.6 Å². The van der Waals surface area contributed by atoms with E-state index >= 15 is 0 Å². The number of likely N-dealkylation sites (tertiary alicyclic amines) is 1.